The molecule has 0 atom stereocenters. The maximum atomic E-state index is 12.3. The van der Waals surface area contributed by atoms with Gasteiger partial charge in [0.2, 0.25) is 10.0 Å². The van der Waals surface area contributed by atoms with Gasteiger partial charge in [-0.15, -0.1) is 0 Å². The molecule has 0 amide bonds. The summed E-state index contributed by atoms with van der Waals surface area (Å²) in [6, 6.07) is 5.11. The van der Waals surface area contributed by atoms with Crippen molar-refractivity contribution in [3.8, 4) is 0 Å². The first-order valence-corrected chi connectivity index (χ1v) is 8.47. The molecule has 0 aliphatic heterocycles. The van der Waals surface area contributed by atoms with Crippen LogP contribution >= 0.6 is 0 Å². The van der Waals surface area contributed by atoms with Gasteiger partial charge in [-0.3, -0.25) is 0 Å². The predicted molar refractivity (Wildman–Crippen MR) is 83.2 cm³/mol. The summed E-state index contributed by atoms with van der Waals surface area (Å²) in [6.45, 7) is 8.93. The standard InChI is InChI=1S/C14H25N3O2S/c1-4-10-17(5-2)11-9-16-20(18,19)14-12(3)7-6-8-13(14)15/h6-8,16H,4-5,9-11,15H2,1-3H3. The van der Waals surface area contributed by atoms with E-state index in [1.807, 2.05) is 0 Å². The molecule has 0 aromatic heterocycles. The number of nitrogens with one attached hydrogen (secondary N) is 1. The van der Waals surface area contributed by atoms with Gasteiger partial charge in [0.1, 0.15) is 4.90 Å². The average molecular weight is 299 g/mol. The number of likely N-dealkylation sites (N-methyl/N-ethyl adjacent to an activating group) is 1. The van der Waals surface area contributed by atoms with Gasteiger partial charge >= 0.3 is 0 Å². The molecular formula is C14H25N3O2S. The van der Waals surface area contributed by atoms with Gasteiger partial charge in [0.05, 0.1) is 5.69 Å². The molecule has 1 aromatic carbocycles. The van der Waals surface area contributed by atoms with E-state index in [1.165, 1.54) is 0 Å². The van der Waals surface area contributed by atoms with E-state index >= 15 is 0 Å². The zero-order valence-electron chi connectivity index (χ0n) is 12.5. The van der Waals surface area contributed by atoms with Crippen LogP contribution in [-0.4, -0.2) is 39.5 Å². The molecule has 5 nitrogen and oxygen atoms in total. The molecule has 0 aliphatic rings. The smallest absolute Gasteiger partial charge is 0.242 e. The quantitative estimate of drug-likeness (QED) is 0.715. The fourth-order valence-corrected chi connectivity index (χ4v) is 3.57. The molecule has 0 bridgehead atoms. The second kappa shape index (κ2) is 7.61. The van der Waals surface area contributed by atoms with Crippen LogP contribution in [0.3, 0.4) is 0 Å². The van der Waals surface area contributed by atoms with Crippen molar-refractivity contribution in [1.82, 2.24) is 9.62 Å². The van der Waals surface area contributed by atoms with Crippen molar-refractivity contribution >= 4 is 15.7 Å². The van der Waals surface area contributed by atoms with E-state index in [9.17, 15) is 8.42 Å². The van der Waals surface area contributed by atoms with E-state index in [0.29, 0.717) is 24.3 Å². The topological polar surface area (TPSA) is 75.4 Å². The molecule has 0 unspecified atom stereocenters. The molecule has 3 N–H and O–H groups in total. The number of hydrogen-bond acceptors (Lipinski definition) is 4. The molecule has 0 saturated carbocycles. The summed E-state index contributed by atoms with van der Waals surface area (Å²) in [7, 11) is -3.54. The van der Waals surface area contributed by atoms with E-state index in [1.54, 1.807) is 25.1 Å². The highest BCUT2D eigenvalue weighted by atomic mass is 32.2. The Balaban J connectivity index is 2.71. The van der Waals surface area contributed by atoms with Crippen LogP contribution in [0.25, 0.3) is 0 Å². The van der Waals surface area contributed by atoms with Crippen molar-refractivity contribution < 1.29 is 8.42 Å². The third kappa shape index (κ3) is 4.47. The molecule has 0 aliphatic carbocycles. The SMILES string of the molecule is CCCN(CC)CCNS(=O)(=O)c1c(C)cccc1N. The third-order valence-electron chi connectivity index (χ3n) is 3.22. The Morgan fingerprint density at radius 2 is 1.95 bits per heavy atom. The number of nitrogens with two attached hydrogens (primary N) is 1. The van der Waals surface area contributed by atoms with Crippen LogP contribution in [0.1, 0.15) is 25.8 Å². The molecular weight excluding hydrogens is 274 g/mol. The third-order valence-corrected chi connectivity index (χ3v) is 4.90. The first kappa shape index (κ1) is 16.9. The minimum Gasteiger partial charge on any atom is -0.398 e. The van der Waals surface area contributed by atoms with Gasteiger partial charge in [-0.2, -0.15) is 0 Å². The van der Waals surface area contributed by atoms with E-state index in [4.69, 9.17) is 5.73 Å². The van der Waals surface area contributed by atoms with Crippen LogP contribution in [-0.2, 0) is 10.0 Å². The summed E-state index contributed by atoms with van der Waals surface area (Å²) in [4.78, 5) is 2.41. The molecule has 20 heavy (non-hydrogen) atoms. The molecule has 1 rings (SSSR count). The molecule has 0 spiro atoms. The lowest BCUT2D eigenvalue weighted by Gasteiger charge is -2.20. The number of anilines is 1. The largest absolute Gasteiger partial charge is 0.398 e. The number of sulfonamides is 1. The zero-order chi connectivity index (χ0) is 15.2. The molecule has 0 saturated heterocycles. The first-order valence-electron chi connectivity index (χ1n) is 6.99. The number of rotatable bonds is 8. The number of nitrogen functional groups attached to an aromatic ring is 1. The van der Waals surface area contributed by atoms with Crippen LogP contribution in [0.5, 0.6) is 0 Å². The van der Waals surface area contributed by atoms with Gasteiger partial charge in [-0.1, -0.05) is 26.0 Å². The summed E-state index contributed by atoms with van der Waals surface area (Å²) in [5.74, 6) is 0. The van der Waals surface area contributed by atoms with E-state index in [0.717, 1.165) is 19.5 Å². The van der Waals surface area contributed by atoms with Crippen LogP contribution in [0.15, 0.2) is 23.1 Å². The predicted octanol–water partition coefficient (Wildman–Crippen LogP) is 1.59. The van der Waals surface area contributed by atoms with Gasteiger partial charge in [0, 0.05) is 13.1 Å². The maximum Gasteiger partial charge on any atom is 0.242 e. The summed E-state index contributed by atoms with van der Waals surface area (Å²) in [6.07, 6.45) is 1.06. The van der Waals surface area contributed by atoms with Crippen molar-refractivity contribution in [2.75, 3.05) is 31.9 Å². The first-order chi connectivity index (χ1) is 9.42. The van der Waals surface area contributed by atoms with Crippen LogP contribution in [0.2, 0.25) is 0 Å². The molecule has 0 radical (unpaired) electrons. The Bertz CT molecular complexity index is 509. The highest BCUT2D eigenvalue weighted by Gasteiger charge is 2.19. The zero-order valence-corrected chi connectivity index (χ0v) is 13.3. The Morgan fingerprint density at radius 1 is 1.25 bits per heavy atom. The van der Waals surface area contributed by atoms with Crippen molar-refractivity contribution in [1.29, 1.82) is 0 Å². The highest BCUT2D eigenvalue weighted by Crippen LogP contribution is 2.21. The number of nitrogens with zero attached hydrogens (tertiary/aromatic N) is 1. The van der Waals surface area contributed by atoms with Crippen molar-refractivity contribution in [3.05, 3.63) is 23.8 Å². The molecule has 114 valence electrons. The van der Waals surface area contributed by atoms with Gasteiger partial charge in [-0.05, 0) is 38.1 Å². The fraction of sp³-hybridized carbons (Fsp3) is 0.571. The average Bonchev–Trinajstić information content (AvgIpc) is 2.37. The van der Waals surface area contributed by atoms with Gasteiger partial charge in [-0.25, -0.2) is 13.1 Å². The Hall–Kier alpha value is -1.11. The van der Waals surface area contributed by atoms with Gasteiger partial charge < -0.3 is 10.6 Å². The number of benzene rings is 1. The molecule has 1 aromatic rings. The van der Waals surface area contributed by atoms with Crippen LogP contribution < -0.4 is 10.5 Å². The monoisotopic (exact) mass is 299 g/mol. The summed E-state index contributed by atoms with van der Waals surface area (Å²) in [5, 5.41) is 0. The van der Waals surface area contributed by atoms with Crippen molar-refractivity contribution in [2.24, 2.45) is 0 Å². The van der Waals surface area contributed by atoms with Crippen molar-refractivity contribution in [2.45, 2.75) is 32.1 Å². The summed E-state index contributed by atoms with van der Waals surface area (Å²) >= 11 is 0. The highest BCUT2D eigenvalue weighted by molar-refractivity contribution is 7.89. The maximum absolute atomic E-state index is 12.3. The van der Waals surface area contributed by atoms with Crippen molar-refractivity contribution in [3.63, 3.8) is 0 Å². The number of aryl methyl sites for hydroxylation is 1. The molecule has 6 heteroatoms. The van der Waals surface area contributed by atoms with Gasteiger partial charge in [0.15, 0.2) is 0 Å². The Labute approximate surface area is 122 Å². The van der Waals surface area contributed by atoms with E-state index in [2.05, 4.69) is 23.5 Å². The van der Waals surface area contributed by atoms with Crippen LogP contribution in [0, 0.1) is 6.92 Å². The van der Waals surface area contributed by atoms with Gasteiger partial charge in [0.25, 0.3) is 0 Å². The molecule has 0 heterocycles. The lowest BCUT2D eigenvalue weighted by molar-refractivity contribution is 0.293. The second-order valence-corrected chi connectivity index (χ2v) is 6.53. The Kier molecular flexibility index (Phi) is 6.45. The number of hydrogen-bond donors (Lipinski definition) is 2. The lowest BCUT2D eigenvalue weighted by Crippen LogP contribution is -2.35. The summed E-state index contributed by atoms with van der Waals surface area (Å²) in [5.41, 5.74) is 6.74. The summed E-state index contributed by atoms with van der Waals surface area (Å²) < 4.78 is 27.2. The normalized spacial score (nSPS) is 12.0. The van der Waals surface area contributed by atoms with E-state index in [-0.39, 0.29) is 4.90 Å². The lowest BCUT2D eigenvalue weighted by atomic mass is 10.2. The Morgan fingerprint density at radius 3 is 2.50 bits per heavy atom. The van der Waals surface area contributed by atoms with Crippen LogP contribution in [0.4, 0.5) is 5.69 Å². The minimum atomic E-state index is -3.54. The second-order valence-electron chi connectivity index (χ2n) is 4.83. The minimum absolute atomic E-state index is 0.193. The fourth-order valence-electron chi connectivity index (χ4n) is 2.20. The van der Waals surface area contributed by atoms with E-state index < -0.39 is 10.0 Å². The molecule has 0 fully saturated rings.